The Labute approximate surface area is 164 Å². The van der Waals surface area contributed by atoms with Gasteiger partial charge in [0, 0.05) is 32.1 Å². The molecule has 0 radical (unpaired) electrons. The van der Waals surface area contributed by atoms with Gasteiger partial charge in [0.05, 0.1) is 12.2 Å². The second kappa shape index (κ2) is 9.55. The van der Waals surface area contributed by atoms with Gasteiger partial charge in [0.25, 0.3) is 0 Å². The zero-order valence-electron chi connectivity index (χ0n) is 16.0. The molecule has 0 aliphatic carbocycles. The minimum atomic E-state index is -0.311. The van der Waals surface area contributed by atoms with Crippen molar-refractivity contribution >= 4 is 5.96 Å². The van der Waals surface area contributed by atoms with E-state index in [0.29, 0.717) is 24.8 Å². The summed E-state index contributed by atoms with van der Waals surface area (Å²) in [6.45, 7) is 3.09. The molecule has 2 N–H and O–H groups in total. The first-order chi connectivity index (χ1) is 13.6. The molecule has 0 bridgehead atoms. The molecule has 146 valence electrons. The van der Waals surface area contributed by atoms with Crippen LogP contribution in [0.1, 0.15) is 12.5 Å². The number of aromatic nitrogens is 2. The van der Waals surface area contributed by atoms with Crippen molar-refractivity contribution in [3.8, 4) is 11.4 Å². The van der Waals surface area contributed by atoms with Gasteiger partial charge in [-0.2, -0.15) is 5.10 Å². The molecular weight excluding hydrogens is 357 g/mol. The van der Waals surface area contributed by atoms with Crippen LogP contribution in [0.5, 0.6) is 5.75 Å². The van der Waals surface area contributed by atoms with E-state index in [1.807, 2.05) is 48.1 Å². The van der Waals surface area contributed by atoms with E-state index in [0.717, 1.165) is 11.3 Å². The fourth-order valence-corrected chi connectivity index (χ4v) is 2.65. The lowest BCUT2D eigenvalue weighted by molar-refractivity contribution is 0.223. The van der Waals surface area contributed by atoms with Gasteiger partial charge in [0.1, 0.15) is 17.7 Å². The number of aliphatic imine (C=N–C) groups is 1. The average molecular weight is 381 g/mol. The highest BCUT2D eigenvalue weighted by atomic mass is 19.1. The monoisotopic (exact) mass is 381 g/mol. The fraction of sp³-hybridized carbons (Fsp3) is 0.238. The Hall–Kier alpha value is -3.35. The van der Waals surface area contributed by atoms with Crippen LogP contribution in [-0.4, -0.2) is 35.4 Å². The van der Waals surface area contributed by atoms with Crippen molar-refractivity contribution in [2.24, 2.45) is 4.99 Å². The zero-order valence-corrected chi connectivity index (χ0v) is 16.0. The smallest absolute Gasteiger partial charge is 0.191 e. The molecule has 28 heavy (non-hydrogen) atoms. The van der Waals surface area contributed by atoms with Crippen molar-refractivity contribution in [1.29, 1.82) is 0 Å². The van der Waals surface area contributed by atoms with Gasteiger partial charge in [-0.05, 0) is 42.8 Å². The van der Waals surface area contributed by atoms with Crippen LogP contribution in [0.4, 0.5) is 4.39 Å². The Balaban J connectivity index is 1.45. The van der Waals surface area contributed by atoms with E-state index in [2.05, 4.69) is 20.7 Å². The van der Waals surface area contributed by atoms with Gasteiger partial charge in [-0.15, -0.1) is 0 Å². The molecule has 1 aromatic heterocycles. The van der Waals surface area contributed by atoms with Crippen molar-refractivity contribution < 1.29 is 9.13 Å². The van der Waals surface area contributed by atoms with Crippen molar-refractivity contribution in [1.82, 2.24) is 20.4 Å². The third-order valence-electron chi connectivity index (χ3n) is 4.08. The Kier molecular flexibility index (Phi) is 6.62. The maximum Gasteiger partial charge on any atom is 0.191 e. The molecule has 0 saturated heterocycles. The number of ether oxygens (including phenoxy) is 1. The van der Waals surface area contributed by atoms with Gasteiger partial charge in [0.2, 0.25) is 0 Å². The number of nitrogens with zero attached hydrogens (tertiary/aromatic N) is 3. The topological polar surface area (TPSA) is 63.5 Å². The maximum absolute atomic E-state index is 13.2. The van der Waals surface area contributed by atoms with Crippen LogP contribution < -0.4 is 15.4 Å². The molecule has 7 heteroatoms. The lowest BCUT2D eigenvalue weighted by Gasteiger charge is -2.18. The van der Waals surface area contributed by atoms with Crippen LogP contribution in [0, 0.1) is 5.82 Å². The van der Waals surface area contributed by atoms with Crippen molar-refractivity contribution in [2.45, 2.75) is 19.6 Å². The summed E-state index contributed by atoms with van der Waals surface area (Å²) in [6.07, 6.45) is 3.52. The maximum atomic E-state index is 13.2. The van der Waals surface area contributed by atoms with Crippen molar-refractivity contribution in [3.05, 3.63) is 78.4 Å². The van der Waals surface area contributed by atoms with Crippen LogP contribution >= 0.6 is 0 Å². The minimum Gasteiger partial charge on any atom is -0.489 e. The molecular formula is C21H24FN5O. The zero-order chi connectivity index (χ0) is 19.8. The summed E-state index contributed by atoms with van der Waals surface area (Å²) in [5.74, 6) is 0.870. The number of hydrogen-bond donors (Lipinski definition) is 2. The quantitative estimate of drug-likeness (QED) is 0.488. The van der Waals surface area contributed by atoms with Gasteiger partial charge in [-0.3, -0.25) is 4.99 Å². The second-order valence-electron chi connectivity index (χ2n) is 6.31. The third-order valence-corrected chi connectivity index (χ3v) is 4.08. The SMILES string of the molecule is CN=C(NCc1ccc(-n2cccn2)cc1)NCC(C)Oc1cccc(F)c1. The molecule has 0 amide bonds. The van der Waals surface area contributed by atoms with E-state index in [1.165, 1.54) is 12.1 Å². The predicted molar refractivity (Wildman–Crippen MR) is 108 cm³/mol. The first-order valence-electron chi connectivity index (χ1n) is 9.10. The van der Waals surface area contributed by atoms with E-state index >= 15 is 0 Å². The minimum absolute atomic E-state index is 0.145. The summed E-state index contributed by atoms with van der Waals surface area (Å²) in [4.78, 5) is 4.22. The summed E-state index contributed by atoms with van der Waals surface area (Å²) < 4.78 is 20.7. The molecule has 2 aromatic carbocycles. The summed E-state index contributed by atoms with van der Waals surface area (Å²) >= 11 is 0. The van der Waals surface area contributed by atoms with Crippen LogP contribution in [0.2, 0.25) is 0 Å². The van der Waals surface area contributed by atoms with Gasteiger partial charge in [0.15, 0.2) is 5.96 Å². The fourth-order valence-electron chi connectivity index (χ4n) is 2.65. The van der Waals surface area contributed by atoms with Gasteiger partial charge < -0.3 is 15.4 Å². The highest BCUT2D eigenvalue weighted by molar-refractivity contribution is 5.79. The number of nitrogens with one attached hydrogen (secondary N) is 2. The number of halogens is 1. The van der Waals surface area contributed by atoms with Crippen LogP contribution in [-0.2, 0) is 6.54 Å². The van der Waals surface area contributed by atoms with E-state index in [1.54, 1.807) is 25.4 Å². The largest absolute Gasteiger partial charge is 0.489 e. The number of hydrogen-bond acceptors (Lipinski definition) is 3. The van der Waals surface area contributed by atoms with Crippen molar-refractivity contribution in [3.63, 3.8) is 0 Å². The molecule has 0 spiro atoms. The highest BCUT2D eigenvalue weighted by Crippen LogP contribution is 2.13. The van der Waals surface area contributed by atoms with Gasteiger partial charge >= 0.3 is 0 Å². The van der Waals surface area contributed by atoms with E-state index in [4.69, 9.17) is 4.74 Å². The molecule has 6 nitrogen and oxygen atoms in total. The van der Waals surface area contributed by atoms with Crippen molar-refractivity contribution in [2.75, 3.05) is 13.6 Å². The first-order valence-corrected chi connectivity index (χ1v) is 9.10. The third kappa shape index (κ3) is 5.57. The van der Waals surface area contributed by atoms with Crippen LogP contribution in [0.3, 0.4) is 0 Å². The van der Waals surface area contributed by atoms with E-state index in [9.17, 15) is 4.39 Å². The van der Waals surface area contributed by atoms with Gasteiger partial charge in [-0.25, -0.2) is 9.07 Å². The lowest BCUT2D eigenvalue weighted by atomic mass is 10.2. The Morgan fingerprint density at radius 2 is 2.00 bits per heavy atom. The molecule has 0 aliphatic heterocycles. The molecule has 0 fully saturated rings. The Morgan fingerprint density at radius 3 is 2.68 bits per heavy atom. The molecule has 1 heterocycles. The number of benzene rings is 2. The van der Waals surface area contributed by atoms with E-state index in [-0.39, 0.29) is 11.9 Å². The summed E-state index contributed by atoms with van der Waals surface area (Å²) in [7, 11) is 1.72. The number of guanidine groups is 1. The van der Waals surface area contributed by atoms with Crippen LogP contribution in [0.25, 0.3) is 5.69 Å². The average Bonchev–Trinajstić information content (AvgIpc) is 3.23. The van der Waals surface area contributed by atoms with Crippen LogP contribution in [0.15, 0.2) is 72.0 Å². The normalized spacial score (nSPS) is 12.5. The Bertz CT molecular complexity index is 893. The molecule has 1 unspecified atom stereocenters. The molecule has 3 aromatic rings. The predicted octanol–water partition coefficient (Wildman–Crippen LogP) is 3.14. The lowest BCUT2D eigenvalue weighted by Crippen LogP contribution is -2.41. The summed E-state index contributed by atoms with van der Waals surface area (Å²) in [5.41, 5.74) is 2.14. The Morgan fingerprint density at radius 1 is 1.18 bits per heavy atom. The second-order valence-corrected chi connectivity index (χ2v) is 6.31. The molecule has 1 atom stereocenters. The molecule has 0 saturated carbocycles. The summed E-state index contributed by atoms with van der Waals surface area (Å²) in [6, 6.07) is 16.2. The van der Waals surface area contributed by atoms with E-state index < -0.39 is 0 Å². The standard InChI is InChI=1S/C21H24FN5O/c1-16(28-20-6-3-5-18(22)13-20)14-24-21(23-2)25-15-17-7-9-19(10-8-17)27-12-4-11-26-27/h3-13,16H,14-15H2,1-2H3,(H2,23,24,25). The number of rotatable bonds is 7. The molecule has 0 aliphatic rings. The molecule has 3 rings (SSSR count). The summed E-state index contributed by atoms with van der Waals surface area (Å²) in [5, 5.41) is 10.7. The van der Waals surface area contributed by atoms with Gasteiger partial charge in [-0.1, -0.05) is 18.2 Å². The highest BCUT2D eigenvalue weighted by Gasteiger charge is 2.07. The first kappa shape index (κ1) is 19.4.